The highest BCUT2D eigenvalue weighted by molar-refractivity contribution is 6.10. The number of aryl methyl sites for hydroxylation is 3. The Labute approximate surface area is 357 Å². The molecule has 0 atom stereocenters. The van der Waals surface area contributed by atoms with Crippen molar-refractivity contribution in [3.63, 3.8) is 0 Å². The number of amides is 3. The van der Waals surface area contributed by atoms with Crippen LogP contribution in [0, 0.1) is 0 Å². The van der Waals surface area contributed by atoms with E-state index in [4.69, 9.17) is 14.2 Å². The number of fused-ring (bicyclic) bond motifs is 3. The molecule has 0 aliphatic heterocycles. The van der Waals surface area contributed by atoms with Crippen LogP contribution < -0.4 is 16.0 Å². The smallest absolute Gasteiger partial charge is 0.407 e. The van der Waals surface area contributed by atoms with E-state index < -0.39 is 35.1 Å². The van der Waals surface area contributed by atoms with E-state index in [9.17, 15) is 14.4 Å². The lowest BCUT2D eigenvalue weighted by Gasteiger charge is -2.19. The molecule has 0 aliphatic carbocycles. The van der Waals surface area contributed by atoms with Crippen molar-refractivity contribution in [1.82, 2.24) is 20.5 Å². The molecule has 0 saturated carbocycles. The van der Waals surface area contributed by atoms with Crippen LogP contribution in [0.1, 0.15) is 107 Å². The lowest BCUT2D eigenvalue weighted by atomic mass is 9.98. The number of hydrogen-bond donors (Lipinski definition) is 3. The molecule has 10 nitrogen and oxygen atoms in total. The zero-order valence-corrected chi connectivity index (χ0v) is 37.8. The van der Waals surface area contributed by atoms with Gasteiger partial charge in [0, 0.05) is 48.0 Å². The van der Waals surface area contributed by atoms with Gasteiger partial charge in [0.05, 0.1) is 0 Å². The fourth-order valence-corrected chi connectivity index (χ4v) is 6.84. The number of carbonyl (C=O) groups is 3. The molecule has 3 amide bonds. The van der Waals surface area contributed by atoms with Gasteiger partial charge in [0.25, 0.3) is 0 Å². The third kappa shape index (κ3) is 14.9. The highest BCUT2D eigenvalue weighted by atomic mass is 16.6. The largest absolute Gasteiger partial charge is 0.444 e. The molecule has 60 heavy (non-hydrogen) atoms. The Balaban J connectivity index is 0.00000391. The summed E-state index contributed by atoms with van der Waals surface area (Å²) in [7, 11) is 0. The minimum atomic E-state index is -0.563. The van der Waals surface area contributed by atoms with Gasteiger partial charge in [-0.05, 0) is 140 Å². The number of nitrogens with one attached hydrogen (secondary N) is 3. The van der Waals surface area contributed by atoms with Crippen LogP contribution in [0.25, 0.3) is 44.1 Å². The van der Waals surface area contributed by atoms with Crippen LogP contribution in [-0.4, -0.2) is 59.3 Å². The van der Waals surface area contributed by atoms with Crippen LogP contribution in [0.15, 0.2) is 84.9 Å². The van der Waals surface area contributed by atoms with Gasteiger partial charge in [-0.1, -0.05) is 86.6 Å². The Morgan fingerprint density at radius 2 is 0.833 bits per heavy atom. The molecular formula is C50H68N4O6. The van der Waals surface area contributed by atoms with E-state index in [1.165, 1.54) is 21.9 Å². The maximum atomic E-state index is 12.4. The number of benzene rings is 4. The Morgan fingerprint density at radius 1 is 0.483 bits per heavy atom. The molecule has 5 rings (SSSR count). The second-order valence-electron chi connectivity index (χ2n) is 17.9. The molecule has 324 valence electrons. The van der Waals surface area contributed by atoms with E-state index in [-0.39, 0.29) is 0 Å². The predicted molar refractivity (Wildman–Crippen MR) is 246 cm³/mol. The quantitative estimate of drug-likeness (QED) is 0.0758. The zero-order chi connectivity index (χ0) is 44.1. The molecule has 1 heterocycles. The van der Waals surface area contributed by atoms with Gasteiger partial charge >= 0.3 is 18.3 Å². The van der Waals surface area contributed by atoms with Crippen molar-refractivity contribution in [3.8, 4) is 22.3 Å². The minimum Gasteiger partial charge on any atom is -0.444 e. The molecular weight excluding hydrogens is 753 g/mol. The van der Waals surface area contributed by atoms with Gasteiger partial charge in [-0.15, -0.1) is 0 Å². The van der Waals surface area contributed by atoms with Gasteiger partial charge in [-0.2, -0.15) is 0 Å². The Hall–Kier alpha value is -5.51. The van der Waals surface area contributed by atoms with Gasteiger partial charge in [0.2, 0.25) is 0 Å². The highest BCUT2D eigenvalue weighted by Crippen LogP contribution is 2.35. The van der Waals surface area contributed by atoms with Crippen molar-refractivity contribution in [3.05, 3.63) is 96.1 Å². The first-order valence-corrected chi connectivity index (χ1v) is 21.5. The zero-order valence-electron chi connectivity index (χ0n) is 37.8. The molecule has 0 saturated heterocycles. The molecule has 1 aromatic heterocycles. The topological polar surface area (TPSA) is 120 Å². The second kappa shape index (κ2) is 21.1. The summed E-state index contributed by atoms with van der Waals surface area (Å²) >= 11 is 0. The van der Waals surface area contributed by atoms with E-state index in [1.54, 1.807) is 0 Å². The average molecular weight is 821 g/mol. The van der Waals surface area contributed by atoms with Crippen molar-refractivity contribution in [2.45, 2.75) is 132 Å². The van der Waals surface area contributed by atoms with E-state index in [1.807, 2.05) is 76.2 Å². The average Bonchev–Trinajstić information content (AvgIpc) is 3.47. The molecule has 0 bridgehead atoms. The highest BCUT2D eigenvalue weighted by Gasteiger charge is 2.19. The van der Waals surface area contributed by atoms with Gasteiger partial charge in [0.1, 0.15) is 16.8 Å². The maximum absolute atomic E-state index is 12.4. The Kier molecular flexibility index (Phi) is 16.6. The third-order valence-electron chi connectivity index (χ3n) is 9.24. The first-order chi connectivity index (χ1) is 28.3. The van der Waals surface area contributed by atoms with Crippen molar-refractivity contribution < 1.29 is 28.6 Å². The van der Waals surface area contributed by atoms with Crippen LogP contribution in [0.5, 0.6) is 0 Å². The molecule has 5 aromatic rings. The normalized spacial score (nSPS) is 11.7. The molecule has 0 spiro atoms. The lowest BCUT2D eigenvalue weighted by molar-refractivity contribution is 0.0515. The Bertz CT molecular complexity index is 2070. The number of rotatable bonds is 14. The first kappa shape index (κ1) is 47.2. The number of ether oxygens (including phenoxy) is 3. The van der Waals surface area contributed by atoms with Crippen LogP contribution in [-0.2, 0) is 33.6 Å². The molecule has 10 heteroatoms. The van der Waals surface area contributed by atoms with Gasteiger partial charge in [-0.25, -0.2) is 14.4 Å². The molecule has 0 radical (unpaired) electrons. The van der Waals surface area contributed by atoms with Gasteiger partial charge < -0.3 is 34.7 Å². The summed E-state index contributed by atoms with van der Waals surface area (Å²) in [4.78, 5) is 36.6. The predicted octanol–water partition coefficient (Wildman–Crippen LogP) is 12.0. The van der Waals surface area contributed by atoms with Gasteiger partial charge in [0.15, 0.2) is 0 Å². The fourth-order valence-electron chi connectivity index (χ4n) is 6.84. The monoisotopic (exact) mass is 821 g/mol. The summed E-state index contributed by atoms with van der Waals surface area (Å²) in [6.07, 6.45) is 2.74. The third-order valence-corrected chi connectivity index (χ3v) is 9.24. The Morgan fingerprint density at radius 3 is 1.20 bits per heavy atom. The van der Waals surface area contributed by atoms with E-state index in [0.717, 1.165) is 59.0 Å². The number of carbonyl (C=O) groups excluding carboxylic acids is 3. The van der Waals surface area contributed by atoms with Crippen LogP contribution >= 0.6 is 0 Å². The summed E-state index contributed by atoms with van der Waals surface area (Å²) in [6, 6.07) is 30.5. The SMILES string of the molecule is CC.CC(C)(C)OC(=O)NCCCc1cccc(-c2ccc3c4ccc(-c5cccc(CCCNC(=O)OC(C)(C)C)c5)cc4n(CCCNC(=O)OC(C)(C)C)c3c2)c1. The standard InChI is InChI=1S/C48H62N4O6.C2H6/c1-46(2,3)56-43(53)49-25-12-17-33-15-10-19-35(29-33)37-21-23-39-40-24-22-38(36-20-11-16-34(30-36)18-13-26-50-44(54)57-47(4,5)6)32-42(40)52(41(39)31-37)28-14-27-51-45(55)58-48(7,8)9;1-2/h10-11,15-16,19-24,29-32H,12-14,17-18,25-28H2,1-9H3,(H,49,53)(H,50,54)(H,51,55);1-2H3. The first-order valence-electron chi connectivity index (χ1n) is 21.5. The summed E-state index contributed by atoms with van der Waals surface area (Å²) in [6.45, 7) is 23.0. The van der Waals surface area contributed by atoms with Crippen LogP contribution in [0.2, 0.25) is 0 Å². The summed E-state index contributed by atoms with van der Waals surface area (Å²) in [5, 5.41) is 11.0. The summed E-state index contributed by atoms with van der Waals surface area (Å²) in [5.41, 5.74) is 7.52. The van der Waals surface area contributed by atoms with E-state index >= 15 is 0 Å². The fraction of sp³-hybridized carbons (Fsp3) is 0.460. The van der Waals surface area contributed by atoms with E-state index in [0.29, 0.717) is 32.6 Å². The molecule has 4 aromatic carbocycles. The lowest BCUT2D eigenvalue weighted by Crippen LogP contribution is -2.33. The van der Waals surface area contributed by atoms with Crippen LogP contribution in [0.4, 0.5) is 14.4 Å². The van der Waals surface area contributed by atoms with Gasteiger partial charge in [-0.3, -0.25) is 0 Å². The van der Waals surface area contributed by atoms with Crippen molar-refractivity contribution in [1.29, 1.82) is 0 Å². The summed E-state index contributed by atoms with van der Waals surface area (Å²) in [5.74, 6) is 0. The number of hydrogen-bond acceptors (Lipinski definition) is 6. The molecule has 0 unspecified atom stereocenters. The van der Waals surface area contributed by atoms with Crippen molar-refractivity contribution in [2.24, 2.45) is 0 Å². The number of nitrogens with zero attached hydrogens (tertiary/aromatic N) is 1. The number of aromatic nitrogens is 1. The maximum Gasteiger partial charge on any atom is 0.407 e. The molecule has 3 N–H and O–H groups in total. The molecule has 0 aliphatic rings. The number of alkyl carbamates (subject to hydrolysis) is 3. The van der Waals surface area contributed by atoms with Crippen molar-refractivity contribution >= 4 is 40.1 Å². The van der Waals surface area contributed by atoms with Crippen molar-refractivity contribution in [2.75, 3.05) is 19.6 Å². The van der Waals surface area contributed by atoms with Crippen LogP contribution in [0.3, 0.4) is 0 Å². The minimum absolute atomic E-state index is 0.396. The summed E-state index contributed by atoms with van der Waals surface area (Å²) < 4.78 is 18.6. The molecule has 0 fully saturated rings. The second-order valence-corrected chi connectivity index (χ2v) is 17.9. The van der Waals surface area contributed by atoms with E-state index in [2.05, 4.69) is 105 Å².